The van der Waals surface area contributed by atoms with Crippen molar-refractivity contribution < 1.29 is 14.3 Å². The molecule has 27 heavy (non-hydrogen) atoms. The van der Waals surface area contributed by atoms with Crippen molar-refractivity contribution in [3.63, 3.8) is 0 Å². The predicted octanol–water partition coefficient (Wildman–Crippen LogP) is 2.45. The normalized spacial score (nSPS) is 21.1. The number of hydrogen-bond acceptors (Lipinski definition) is 5. The number of urea groups is 1. The Morgan fingerprint density at radius 2 is 1.74 bits per heavy atom. The van der Waals surface area contributed by atoms with E-state index in [9.17, 15) is 9.59 Å². The molecular formula is C20H18N4O3. The summed E-state index contributed by atoms with van der Waals surface area (Å²) in [4.78, 5) is 34.5. The summed E-state index contributed by atoms with van der Waals surface area (Å²) in [6, 6.07) is 14.7. The van der Waals surface area contributed by atoms with Crippen molar-refractivity contribution in [2.45, 2.75) is 6.04 Å². The van der Waals surface area contributed by atoms with E-state index in [0.29, 0.717) is 25.4 Å². The summed E-state index contributed by atoms with van der Waals surface area (Å²) in [5, 5.41) is 0. The van der Waals surface area contributed by atoms with E-state index in [1.807, 2.05) is 48.5 Å². The average Bonchev–Trinajstić information content (AvgIpc) is 2.85. The van der Waals surface area contributed by atoms with Crippen LogP contribution in [-0.2, 0) is 4.79 Å². The summed E-state index contributed by atoms with van der Waals surface area (Å²) < 4.78 is 6.08. The van der Waals surface area contributed by atoms with Crippen LogP contribution in [0.3, 0.4) is 0 Å². The number of fused-ring (bicyclic) bond motifs is 3. The van der Waals surface area contributed by atoms with E-state index in [-0.39, 0.29) is 11.9 Å². The first-order valence-electron chi connectivity index (χ1n) is 8.91. The molecule has 2 fully saturated rings. The highest BCUT2D eigenvalue weighted by Crippen LogP contribution is 2.38. The van der Waals surface area contributed by atoms with Crippen molar-refractivity contribution in [2.24, 2.45) is 4.99 Å². The van der Waals surface area contributed by atoms with Crippen LogP contribution in [0.1, 0.15) is 5.56 Å². The quantitative estimate of drug-likeness (QED) is 0.675. The number of hydrogen-bond donors (Lipinski definition) is 0. The molecule has 136 valence electrons. The molecule has 3 amide bonds. The van der Waals surface area contributed by atoms with E-state index < -0.39 is 6.04 Å². The third-order valence-corrected chi connectivity index (χ3v) is 5.27. The highest BCUT2D eigenvalue weighted by Gasteiger charge is 2.46. The highest BCUT2D eigenvalue weighted by atomic mass is 16.5. The minimum atomic E-state index is -0.467. The molecular weight excluding hydrogens is 344 g/mol. The second-order valence-electron chi connectivity index (χ2n) is 6.84. The van der Waals surface area contributed by atoms with E-state index in [4.69, 9.17) is 9.73 Å². The summed E-state index contributed by atoms with van der Waals surface area (Å²) in [7, 11) is 1.54. The minimum Gasteiger partial charge on any atom is -0.454 e. The fraction of sp³-hybridized carbons (Fsp3) is 0.250. The van der Waals surface area contributed by atoms with Crippen molar-refractivity contribution in [3.8, 4) is 11.5 Å². The van der Waals surface area contributed by atoms with Crippen LogP contribution in [0.25, 0.3) is 0 Å². The molecule has 3 heterocycles. The lowest BCUT2D eigenvalue weighted by Gasteiger charge is -2.37. The Morgan fingerprint density at radius 1 is 1.00 bits per heavy atom. The van der Waals surface area contributed by atoms with Gasteiger partial charge in [0.2, 0.25) is 0 Å². The summed E-state index contributed by atoms with van der Waals surface area (Å²) in [5.41, 5.74) is 1.63. The number of aliphatic imine (C=N–C) groups is 1. The zero-order valence-electron chi connectivity index (χ0n) is 14.8. The van der Waals surface area contributed by atoms with Crippen LogP contribution in [0.4, 0.5) is 10.5 Å². The van der Waals surface area contributed by atoms with Gasteiger partial charge in [-0.3, -0.25) is 9.69 Å². The number of imide groups is 1. The predicted molar refractivity (Wildman–Crippen MR) is 99.4 cm³/mol. The minimum absolute atomic E-state index is 0.163. The molecule has 3 aliphatic rings. The van der Waals surface area contributed by atoms with Gasteiger partial charge >= 0.3 is 6.03 Å². The van der Waals surface area contributed by atoms with Crippen molar-refractivity contribution in [1.29, 1.82) is 0 Å². The van der Waals surface area contributed by atoms with Gasteiger partial charge in [-0.25, -0.2) is 9.79 Å². The number of ether oxygens (including phenoxy) is 1. The third-order valence-electron chi connectivity index (χ3n) is 5.27. The fourth-order valence-electron chi connectivity index (χ4n) is 3.84. The molecule has 0 saturated carbocycles. The molecule has 2 aromatic rings. The van der Waals surface area contributed by atoms with Crippen LogP contribution in [0.2, 0.25) is 0 Å². The maximum absolute atomic E-state index is 12.5. The summed E-state index contributed by atoms with van der Waals surface area (Å²) >= 11 is 0. The van der Waals surface area contributed by atoms with E-state index in [1.165, 1.54) is 11.9 Å². The van der Waals surface area contributed by atoms with Crippen molar-refractivity contribution >= 4 is 23.5 Å². The lowest BCUT2D eigenvalue weighted by molar-refractivity contribution is -0.128. The smallest absolute Gasteiger partial charge is 0.327 e. The van der Waals surface area contributed by atoms with E-state index in [2.05, 4.69) is 4.90 Å². The molecule has 2 aromatic carbocycles. The number of amidine groups is 1. The molecule has 0 N–H and O–H groups in total. The zero-order chi connectivity index (χ0) is 18.5. The monoisotopic (exact) mass is 362 g/mol. The van der Waals surface area contributed by atoms with Crippen LogP contribution in [-0.4, -0.2) is 65.2 Å². The highest BCUT2D eigenvalue weighted by molar-refractivity contribution is 6.07. The Labute approximate surface area is 156 Å². The van der Waals surface area contributed by atoms with Crippen LogP contribution in [0.15, 0.2) is 53.5 Å². The number of carbonyl (C=O) groups is 2. The van der Waals surface area contributed by atoms with Crippen molar-refractivity contribution in [2.75, 3.05) is 26.7 Å². The largest absolute Gasteiger partial charge is 0.454 e. The third kappa shape index (κ3) is 2.38. The number of carbonyl (C=O) groups excluding carboxylic acids is 2. The Hall–Kier alpha value is -3.35. The van der Waals surface area contributed by atoms with Crippen molar-refractivity contribution in [1.82, 2.24) is 14.7 Å². The Morgan fingerprint density at radius 3 is 2.59 bits per heavy atom. The zero-order valence-corrected chi connectivity index (χ0v) is 14.8. The number of piperazine rings is 1. The van der Waals surface area contributed by atoms with E-state index >= 15 is 0 Å². The maximum atomic E-state index is 12.5. The molecule has 3 aliphatic heterocycles. The lowest BCUT2D eigenvalue weighted by atomic mass is 10.1. The first kappa shape index (κ1) is 15.9. The van der Waals surface area contributed by atoms with Gasteiger partial charge in [0.25, 0.3) is 5.91 Å². The van der Waals surface area contributed by atoms with Gasteiger partial charge in [0.05, 0.1) is 5.56 Å². The lowest BCUT2D eigenvalue weighted by Crippen LogP contribution is -2.54. The molecule has 1 unspecified atom stereocenters. The van der Waals surface area contributed by atoms with Crippen molar-refractivity contribution in [3.05, 3.63) is 54.1 Å². The Kier molecular flexibility index (Phi) is 3.43. The van der Waals surface area contributed by atoms with Gasteiger partial charge in [0.15, 0.2) is 5.75 Å². The molecule has 0 aromatic heterocycles. The summed E-state index contributed by atoms with van der Waals surface area (Å²) in [6.07, 6.45) is 0. The van der Waals surface area contributed by atoms with Gasteiger partial charge in [0.1, 0.15) is 23.3 Å². The molecule has 5 rings (SSSR count). The number of likely N-dealkylation sites (N-methyl/N-ethyl adjacent to an activating group) is 1. The maximum Gasteiger partial charge on any atom is 0.327 e. The number of rotatable bonds is 0. The van der Waals surface area contributed by atoms with Gasteiger partial charge < -0.3 is 14.5 Å². The fourth-order valence-corrected chi connectivity index (χ4v) is 3.84. The summed E-state index contributed by atoms with van der Waals surface area (Å²) in [5.74, 6) is 2.04. The first-order chi connectivity index (χ1) is 13.1. The average molecular weight is 362 g/mol. The van der Waals surface area contributed by atoms with Crippen LogP contribution in [0, 0.1) is 0 Å². The Balaban J connectivity index is 1.57. The first-order valence-corrected chi connectivity index (χ1v) is 8.91. The van der Waals surface area contributed by atoms with Gasteiger partial charge in [-0.15, -0.1) is 0 Å². The van der Waals surface area contributed by atoms with Crippen LogP contribution >= 0.6 is 0 Å². The van der Waals surface area contributed by atoms with Gasteiger partial charge in [-0.05, 0) is 24.3 Å². The molecule has 0 bridgehead atoms. The molecule has 2 saturated heterocycles. The van der Waals surface area contributed by atoms with Gasteiger partial charge in [-0.2, -0.15) is 0 Å². The summed E-state index contributed by atoms with van der Waals surface area (Å²) in [6.45, 7) is 1.52. The molecule has 0 spiro atoms. The molecule has 1 atom stereocenters. The van der Waals surface area contributed by atoms with Gasteiger partial charge in [-0.1, -0.05) is 24.3 Å². The van der Waals surface area contributed by atoms with Gasteiger partial charge in [0, 0.05) is 26.7 Å². The molecule has 0 radical (unpaired) electrons. The molecule has 7 heteroatoms. The Bertz CT molecular complexity index is 987. The molecule has 7 nitrogen and oxygen atoms in total. The van der Waals surface area contributed by atoms with Crippen LogP contribution < -0.4 is 4.74 Å². The second kappa shape index (κ2) is 5.84. The topological polar surface area (TPSA) is 65.5 Å². The standard InChI is InChI=1S/C20H18N4O3/c1-22-19(25)15-12-23(10-11-24(15)20(22)26)18-13-6-2-4-8-16(13)27-17-9-5-3-7-14(17)21-18/h2-9,15H,10-12H2,1H3. The van der Waals surface area contributed by atoms with E-state index in [1.54, 1.807) is 4.90 Å². The van der Waals surface area contributed by atoms with Crippen LogP contribution in [0.5, 0.6) is 11.5 Å². The van der Waals surface area contributed by atoms with E-state index in [0.717, 1.165) is 22.8 Å². The number of benzene rings is 2. The SMILES string of the molecule is CN1C(=O)C2CN(C3=Nc4ccccc4Oc4ccccc43)CCN2C1=O. The second-order valence-corrected chi connectivity index (χ2v) is 6.84. The number of para-hydroxylation sites is 3. The number of amides is 3. The molecule has 0 aliphatic carbocycles. The number of nitrogens with zero attached hydrogens (tertiary/aromatic N) is 4.